The number of nitrogens with one attached hydrogen (secondary N) is 1. The van der Waals surface area contributed by atoms with Crippen LogP contribution < -0.4 is 9.88 Å². The molecule has 0 spiro atoms. The third-order valence-electron chi connectivity index (χ3n) is 3.53. The number of carbonyl (C=O) groups is 1. The Morgan fingerprint density at radius 3 is 2.67 bits per heavy atom. The van der Waals surface area contributed by atoms with Gasteiger partial charge in [0.25, 0.3) is 5.91 Å². The van der Waals surface area contributed by atoms with Crippen LogP contribution in [0.5, 0.6) is 0 Å². The summed E-state index contributed by atoms with van der Waals surface area (Å²) in [6, 6.07) is 8.59. The molecule has 2 rings (SSSR count). The second-order valence-electron chi connectivity index (χ2n) is 4.97. The molecule has 0 aliphatic rings. The average Bonchev–Trinajstić information content (AvgIpc) is 2.45. The van der Waals surface area contributed by atoms with Gasteiger partial charge in [-0.15, -0.1) is 0 Å². The van der Waals surface area contributed by atoms with Crippen LogP contribution >= 0.6 is 23.2 Å². The molecule has 3 nitrogen and oxygen atoms in total. The van der Waals surface area contributed by atoms with Crippen LogP contribution in [0.3, 0.4) is 0 Å². The highest BCUT2D eigenvalue weighted by Gasteiger charge is 2.25. The van der Waals surface area contributed by atoms with Gasteiger partial charge in [-0.05, 0) is 31.2 Å². The Hall–Kier alpha value is -1.58. The van der Waals surface area contributed by atoms with E-state index in [0.29, 0.717) is 15.7 Å². The van der Waals surface area contributed by atoms with Crippen molar-refractivity contribution in [3.63, 3.8) is 0 Å². The van der Waals surface area contributed by atoms with Crippen molar-refractivity contribution in [2.45, 2.75) is 26.8 Å². The Kier molecular flexibility index (Phi) is 4.86. The number of aryl methyl sites for hydroxylation is 1. The summed E-state index contributed by atoms with van der Waals surface area (Å²) in [4.78, 5) is 12.4. The van der Waals surface area contributed by atoms with E-state index in [9.17, 15) is 4.79 Å². The lowest BCUT2D eigenvalue weighted by Crippen LogP contribution is -2.47. The largest absolute Gasteiger partial charge is 0.319 e. The van der Waals surface area contributed by atoms with Crippen molar-refractivity contribution in [2.24, 2.45) is 0 Å². The number of pyridine rings is 1. The summed E-state index contributed by atoms with van der Waals surface area (Å²) in [6.07, 6.45) is 1.89. The molecule has 110 valence electrons. The van der Waals surface area contributed by atoms with Crippen LogP contribution in [0.1, 0.15) is 24.2 Å². The van der Waals surface area contributed by atoms with Gasteiger partial charge in [0.2, 0.25) is 6.04 Å². The Labute approximate surface area is 134 Å². The number of amides is 1. The van der Waals surface area contributed by atoms with Crippen molar-refractivity contribution in [3.8, 4) is 0 Å². The summed E-state index contributed by atoms with van der Waals surface area (Å²) in [7, 11) is 0. The molecular weight excluding hydrogens is 307 g/mol. The summed E-state index contributed by atoms with van der Waals surface area (Å²) in [5, 5.41) is 3.81. The SMILES string of the molecule is Cc1ccc[n+]([C@@H](C)C(=O)Nc2cc(Cl)ccc2Cl)c1C. The van der Waals surface area contributed by atoms with E-state index >= 15 is 0 Å². The number of hydrogen-bond acceptors (Lipinski definition) is 1. The molecule has 1 N–H and O–H groups in total. The van der Waals surface area contributed by atoms with Gasteiger partial charge in [0.1, 0.15) is 0 Å². The highest BCUT2D eigenvalue weighted by molar-refractivity contribution is 6.35. The molecule has 2 aromatic rings. The van der Waals surface area contributed by atoms with Gasteiger partial charge in [0.05, 0.1) is 10.7 Å². The minimum atomic E-state index is -0.347. The molecule has 1 aromatic carbocycles. The summed E-state index contributed by atoms with van der Waals surface area (Å²) >= 11 is 12.0. The minimum Gasteiger partial charge on any atom is -0.319 e. The number of carbonyl (C=O) groups excluding carboxylic acids is 1. The maximum Gasteiger partial charge on any atom is 0.293 e. The first-order chi connectivity index (χ1) is 9.90. The normalized spacial score (nSPS) is 12.0. The number of halogens is 2. The third-order valence-corrected chi connectivity index (χ3v) is 4.10. The molecule has 0 unspecified atom stereocenters. The lowest BCUT2D eigenvalue weighted by atomic mass is 10.2. The fourth-order valence-corrected chi connectivity index (χ4v) is 2.43. The van der Waals surface area contributed by atoms with Crippen LogP contribution in [-0.4, -0.2) is 5.91 Å². The second kappa shape index (κ2) is 6.46. The molecule has 1 atom stereocenters. The third kappa shape index (κ3) is 3.55. The summed E-state index contributed by atoms with van der Waals surface area (Å²) in [5.74, 6) is -0.141. The van der Waals surface area contributed by atoms with Crippen molar-refractivity contribution < 1.29 is 9.36 Å². The molecule has 0 radical (unpaired) electrons. The van der Waals surface area contributed by atoms with Gasteiger partial charge in [-0.2, -0.15) is 4.57 Å². The van der Waals surface area contributed by atoms with E-state index in [1.165, 1.54) is 0 Å². The average molecular weight is 324 g/mol. The Morgan fingerprint density at radius 1 is 1.24 bits per heavy atom. The zero-order chi connectivity index (χ0) is 15.6. The Balaban J connectivity index is 2.24. The first kappa shape index (κ1) is 15.8. The van der Waals surface area contributed by atoms with Gasteiger partial charge in [-0.25, -0.2) is 0 Å². The van der Waals surface area contributed by atoms with Crippen molar-refractivity contribution in [2.75, 3.05) is 5.32 Å². The van der Waals surface area contributed by atoms with Crippen molar-refractivity contribution >= 4 is 34.8 Å². The lowest BCUT2D eigenvalue weighted by molar-refractivity contribution is -0.711. The molecule has 1 aromatic heterocycles. The van der Waals surface area contributed by atoms with Crippen molar-refractivity contribution in [3.05, 3.63) is 57.8 Å². The Bertz CT molecular complexity index is 686. The number of anilines is 1. The van der Waals surface area contributed by atoms with Crippen LogP contribution in [0.2, 0.25) is 10.0 Å². The highest BCUT2D eigenvalue weighted by Crippen LogP contribution is 2.25. The standard InChI is InChI=1S/C16H16Cl2N2O/c1-10-5-4-8-20(11(10)2)12(3)16(21)19-15-9-13(17)6-7-14(15)18/h4-9,12H,1-3H3/p+1/t12-/m0/s1. The number of hydrogen-bond donors (Lipinski definition) is 1. The van der Waals surface area contributed by atoms with E-state index in [2.05, 4.69) is 5.32 Å². The van der Waals surface area contributed by atoms with E-state index in [0.717, 1.165) is 11.3 Å². The van der Waals surface area contributed by atoms with Gasteiger partial charge in [0.15, 0.2) is 11.9 Å². The van der Waals surface area contributed by atoms with Gasteiger partial charge < -0.3 is 5.32 Å². The Morgan fingerprint density at radius 2 is 1.95 bits per heavy atom. The van der Waals surface area contributed by atoms with Gasteiger partial charge in [-0.1, -0.05) is 23.2 Å². The molecule has 21 heavy (non-hydrogen) atoms. The predicted molar refractivity (Wildman–Crippen MR) is 85.9 cm³/mol. The van der Waals surface area contributed by atoms with E-state index in [1.807, 2.05) is 43.7 Å². The first-order valence-corrected chi connectivity index (χ1v) is 7.39. The highest BCUT2D eigenvalue weighted by atomic mass is 35.5. The maximum atomic E-state index is 12.4. The van der Waals surface area contributed by atoms with E-state index < -0.39 is 0 Å². The topological polar surface area (TPSA) is 33.0 Å². The lowest BCUT2D eigenvalue weighted by Gasteiger charge is -2.12. The van der Waals surface area contributed by atoms with E-state index in [4.69, 9.17) is 23.2 Å². The molecule has 1 heterocycles. The fraction of sp³-hybridized carbons (Fsp3) is 0.250. The van der Waals surface area contributed by atoms with Gasteiger partial charge in [-0.3, -0.25) is 4.79 Å². The second-order valence-corrected chi connectivity index (χ2v) is 5.82. The predicted octanol–water partition coefficient (Wildman–Crippen LogP) is 4.10. The van der Waals surface area contributed by atoms with Crippen LogP contribution in [0, 0.1) is 13.8 Å². The van der Waals surface area contributed by atoms with E-state index in [-0.39, 0.29) is 11.9 Å². The van der Waals surface area contributed by atoms with Gasteiger partial charge in [0, 0.05) is 30.5 Å². The molecule has 5 heteroatoms. The zero-order valence-corrected chi connectivity index (χ0v) is 13.7. The zero-order valence-electron chi connectivity index (χ0n) is 12.2. The first-order valence-electron chi connectivity index (χ1n) is 6.63. The summed E-state index contributed by atoms with van der Waals surface area (Å²) < 4.78 is 1.93. The number of nitrogens with zero attached hydrogens (tertiary/aromatic N) is 1. The number of rotatable bonds is 3. The molecule has 0 aliphatic heterocycles. The molecular formula is C16H17Cl2N2O+. The molecule has 0 fully saturated rings. The van der Waals surface area contributed by atoms with Crippen LogP contribution in [-0.2, 0) is 4.79 Å². The number of benzene rings is 1. The van der Waals surface area contributed by atoms with Crippen molar-refractivity contribution in [1.82, 2.24) is 0 Å². The number of aromatic nitrogens is 1. The summed E-state index contributed by atoms with van der Waals surface area (Å²) in [6.45, 7) is 5.86. The molecule has 0 saturated heterocycles. The summed E-state index contributed by atoms with van der Waals surface area (Å²) in [5.41, 5.74) is 2.71. The van der Waals surface area contributed by atoms with Gasteiger partial charge >= 0.3 is 0 Å². The fourth-order valence-electron chi connectivity index (χ4n) is 2.09. The van der Waals surface area contributed by atoms with Crippen LogP contribution in [0.15, 0.2) is 36.5 Å². The maximum absolute atomic E-state index is 12.4. The molecule has 1 amide bonds. The monoisotopic (exact) mass is 323 g/mol. The van der Waals surface area contributed by atoms with Crippen LogP contribution in [0.4, 0.5) is 5.69 Å². The minimum absolute atomic E-state index is 0.141. The molecule has 0 bridgehead atoms. The smallest absolute Gasteiger partial charge is 0.293 e. The molecule has 0 saturated carbocycles. The van der Waals surface area contributed by atoms with E-state index in [1.54, 1.807) is 18.2 Å². The molecule has 0 aliphatic carbocycles. The quantitative estimate of drug-likeness (QED) is 0.847. The van der Waals surface area contributed by atoms with Crippen molar-refractivity contribution in [1.29, 1.82) is 0 Å². The van der Waals surface area contributed by atoms with Crippen LogP contribution in [0.25, 0.3) is 0 Å².